The van der Waals surface area contributed by atoms with Crippen LogP contribution in [0.5, 0.6) is 0 Å². The lowest BCUT2D eigenvalue weighted by molar-refractivity contribution is -2.00. The SMILES string of the molecule is [O-][Cl+3]([O-])([O-])[O-].[O-][Cl+3]([O-])([O-])[O-].c1ccc(CNc2cccc[nH+]2)[nH+]c1. The van der Waals surface area contributed by atoms with E-state index in [1.807, 2.05) is 42.7 Å². The number of nitrogens with one attached hydrogen (secondary N) is 3. The minimum Gasteiger partial charge on any atom is -0.264 e. The molecule has 2 heterocycles. The second-order valence-corrected chi connectivity index (χ2v) is 5.29. The average molecular weight is 386 g/mol. The molecule has 0 aliphatic rings. The van der Waals surface area contributed by atoms with Crippen molar-refractivity contribution in [3.8, 4) is 0 Å². The highest BCUT2D eigenvalue weighted by Gasteiger charge is 2.03. The van der Waals surface area contributed by atoms with Gasteiger partial charge in [-0.15, -0.1) is 20.5 Å². The fraction of sp³-hybridized carbons (Fsp3) is 0.0909. The van der Waals surface area contributed by atoms with Gasteiger partial charge in [-0.25, -0.2) is 47.2 Å². The van der Waals surface area contributed by atoms with Crippen LogP contribution in [0.4, 0.5) is 5.82 Å². The van der Waals surface area contributed by atoms with Gasteiger partial charge in [-0.1, -0.05) is 6.07 Å². The summed E-state index contributed by atoms with van der Waals surface area (Å²) in [6.07, 6.45) is 3.82. The molecule has 134 valence electrons. The molecule has 24 heavy (non-hydrogen) atoms. The molecule has 0 atom stereocenters. The molecule has 0 aliphatic heterocycles. The van der Waals surface area contributed by atoms with Crippen LogP contribution in [0, 0.1) is 20.5 Å². The molecule has 0 radical (unpaired) electrons. The van der Waals surface area contributed by atoms with Gasteiger partial charge in [-0.05, 0) is 12.1 Å². The van der Waals surface area contributed by atoms with Gasteiger partial charge < -0.3 is 0 Å². The minimum atomic E-state index is -4.94. The van der Waals surface area contributed by atoms with Gasteiger partial charge in [0.05, 0.1) is 6.20 Å². The molecule has 2 rings (SSSR count). The maximum Gasteiger partial charge on any atom is 0.272 e. The minimum absolute atomic E-state index is 0.793. The summed E-state index contributed by atoms with van der Waals surface area (Å²) >= 11 is 0. The fourth-order valence-electron chi connectivity index (χ4n) is 1.23. The van der Waals surface area contributed by atoms with Gasteiger partial charge in [-0.3, -0.25) is 5.32 Å². The van der Waals surface area contributed by atoms with Gasteiger partial charge >= 0.3 is 0 Å². The molecule has 11 nitrogen and oxygen atoms in total. The Kier molecular flexibility index (Phi) is 10.3. The van der Waals surface area contributed by atoms with Crippen molar-refractivity contribution >= 4 is 5.82 Å². The van der Waals surface area contributed by atoms with Gasteiger partial charge in [0, 0.05) is 18.2 Å². The molecule has 13 heteroatoms. The van der Waals surface area contributed by atoms with E-state index >= 15 is 0 Å². The summed E-state index contributed by atoms with van der Waals surface area (Å²) < 4.78 is 67.9. The van der Waals surface area contributed by atoms with Crippen LogP contribution in [0.2, 0.25) is 0 Å². The van der Waals surface area contributed by atoms with Gasteiger partial charge in [0.1, 0.15) is 0 Å². The van der Waals surface area contributed by atoms with Crippen molar-refractivity contribution in [1.82, 2.24) is 0 Å². The first kappa shape index (κ1) is 22.4. The number of aromatic nitrogens is 2. The molecule has 2 aromatic heterocycles. The number of rotatable bonds is 3. The quantitative estimate of drug-likeness (QED) is 0.527. The molecule has 2 aromatic rings. The van der Waals surface area contributed by atoms with E-state index < -0.39 is 20.5 Å². The Labute approximate surface area is 140 Å². The third-order valence-corrected chi connectivity index (χ3v) is 1.95. The van der Waals surface area contributed by atoms with E-state index in [1.165, 1.54) is 0 Å². The monoisotopic (exact) mass is 385 g/mol. The van der Waals surface area contributed by atoms with Crippen LogP contribution >= 0.6 is 0 Å². The lowest BCUT2D eigenvalue weighted by atomic mass is 10.3. The van der Waals surface area contributed by atoms with Crippen molar-refractivity contribution < 1.29 is 67.7 Å². The van der Waals surface area contributed by atoms with Crippen LogP contribution in [0.25, 0.3) is 0 Å². The van der Waals surface area contributed by atoms with Crippen LogP contribution in [0.3, 0.4) is 0 Å². The first-order valence-electron chi connectivity index (χ1n) is 5.85. The van der Waals surface area contributed by atoms with Crippen molar-refractivity contribution in [2.45, 2.75) is 6.54 Å². The number of pyridine rings is 2. The standard InChI is InChI=1S/C11H11N3.2ClHO4/c1-3-7-12-10(5-1)9-14-11-6-2-4-8-13-11;2*2-1(3,4)5/h1-8H,9H2,(H,13,14);2*(H,2,3,4,5). The molecule has 0 amide bonds. The third-order valence-electron chi connectivity index (χ3n) is 1.95. The van der Waals surface area contributed by atoms with Crippen LogP contribution in [-0.4, -0.2) is 0 Å². The Bertz CT molecular complexity index is 487. The van der Waals surface area contributed by atoms with E-state index in [4.69, 9.17) is 37.3 Å². The smallest absolute Gasteiger partial charge is 0.264 e. The predicted molar refractivity (Wildman–Crippen MR) is 53.3 cm³/mol. The highest BCUT2D eigenvalue weighted by atomic mass is 35.7. The molecule has 0 bridgehead atoms. The van der Waals surface area contributed by atoms with Gasteiger partial charge in [0.2, 0.25) is 5.69 Å². The lowest BCUT2D eigenvalue weighted by Gasteiger charge is -2.17. The Morgan fingerprint density at radius 2 is 1.17 bits per heavy atom. The highest BCUT2D eigenvalue weighted by molar-refractivity contribution is 5.26. The lowest BCUT2D eigenvalue weighted by Crippen LogP contribution is -2.68. The van der Waals surface area contributed by atoms with Gasteiger partial charge in [0.25, 0.3) is 5.82 Å². The van der Waals surface area contributed by atoms with Crippen molar-refractivity contribution in [2.75, 3.05) is 5.32 Å². The molecule has 0 fully saturated rings. The average Bonchev–Trinajstić information content (AvgIpc) is 2.44. The van der Waals surface area contributed by atoms with Crippen LogP contribution in [0.1, 0.15) is 5.69 Å². The molecule has 0 saturated carbocycles. The topological polar surface area (TPSA) is 225 Å². The number of halogens is 2. The van der Waals surface area contributed by atoms with Gasteiger partial charge in [0.15, 0.2) is 12.7 Å². The summed E-state index contributed by atoms with van der Waals surface area (Å²) in [6, 6.07) is 12.0. The third kappa shape index (κ3) is 20.4. The maximum atomic E-state index is 8.49. The van der Waals surface area contributed by atoms with Crippen molar-refractivity contribution in [3.63, 3.8) is 0 Å². The summed E-state index contributed by atoms with van der Waals surface area (Å²) in [4.78, 5) is 6.28. The van der Waals surface area contributed by atoms with E-state index in [0.717, 1.165) is 18.1 Å². The van der Waals surface area contributed by atoms with Crippen molar-refractivity contribution in [1.29, 1.82) is 0 Å². The molecule has 0 unspecified atom stereocenters. The molecule has 0 spiro atoms. The van der Waals surface area contributed by atoms with E-state index in [2.05, 4.69) is 21.4 Å². The van der Waals surface area contributed by atoms with E-state index in [-0.39, 0.29) is 0 Å². The summed E-state index contributed by atoms with van der Waals surface area (Å²) in [7, 11) is -9.89. The predicted octanol–water partition coefficient (Wildman–Crippen LogP) is -8.59. The zero-order valence-electron chi connectivity index (χ0n) is 11.8. The Morgan fingerprint density at radius 1 is 0.708 bits per heavy atom. The second-order valence-electron chi connectivity index (χ2n) is 3.77. The van der Waals surface area contributed by atoms with E-state index in [9.17, 15) is 0 Å². The zero-order chi connectivity index (χ0) is 18.6. The number of hydrogen-bond donors (Lipinski definition) is 1. The maximum absolute atomic E-state index is 8.49. The first-order chi connectivity index (χ1) is 10.9. The van der Waals surface area contributed by atoms with Crippen molar-refractivity contribution in [2.24, 2.45) is 0 Å². The molecular weight excluding hydrogens is 373 g/mol. The largest absolute Gasteiger partial charge is 0.272 e. The summed E-state index contributed by atoms with van der Waals surface area (Å²) in [5.74, 6) is 1.02. The Hall–Kier alpha value is -1.64. The number of aromatic amines is 2. The summed E-state index contributed by atoms with van der Waals surface area (Å²) in [6.45, 7) is 0.793. The molecule has 0 aliphatic carbocycles. The van der Waals surface area contributed by atoms with Crippen LogP contribution in [0.15, 0.2) is 48.8 Å². The van der Waals surface area contributed by atoms with E-state index in [1.54, 1.807) is 0 Å². The Balaban J connectivity index is 0.000000442. The summed E-state index contributed by atoms with van der Waals surface area (Å²) in [5, 5.41) is 3.27. The number of anilines is 1. The first-order valence-corrected chi connectivity index (χ1v) is 8.32. The highest BCUT2D eigenvalue weighted by Crippen LogP contribution is 1.97. The molecule has 3 N–H and O–H groups in total. The van der Waals surface area contributed by atoms with E-state index in [0.29, 0.717) is 0 Å². The van der Waals surface area contributed by atoms with Gasteiger partial charge in [-0.2, -0.15) is 0 Å². The molecule has 0 saturated heterocycles. The Morgan fingerprint density at radius 3 is 1.54 bits per heavy atom. The fourth-order valence-corrected chi connectivity index (χ4v) is 1.23. The zero-order valence-corrected chi connectivity index (χ0v) is 13.4. The van der Waals surface area contributed by atoms with Crippen LogP contribution in [-0.2, 0) is 6.54 Å². The second kappa shape index (κ2) is 11.0. The molecular formula is C11H13Cl2N3O8. The normalized spacial score (nSPS) is 10.7. The number of H-pyrrole nitrogens is 2. The summed E-state index contributed by atoms with van der Waals surface area (Å²) in [5.41, 5.74) is 1.16. The van der Waals surface area contributed by atoms with Crippen LogP contribution < -0.4 is 52.6 Å². The van der Waals surface area contributed by atoms with Crippen molar-refractivity contribution in [3.05, 3.63) is 54.5 Å². The number of hydrogen-bond acceptors (Lipinski definition) is 9. The molecule has 0 aromatic carbocycles.